The molecule has 0 spiro atoms. The molecule has 0 bridgehead atoms. The van der Waals surface area contributed by atoms with Crippen molar-refractivity contribution in [3.63, 3.8) is 0 Å². The third-order valence-electron chi connectivity index (χ3n) is 6.51. The number of benzene rings is 4. The molecule has 4 rings (SSSR count). The van der Waals surface area contributed by atoms with Gasteiger partial charge in [0.25, 0.3) is 0 Å². The van der Waals surface area contributed by atoms with Gasteiger partial charge >= 0.3 is 11.8 Å². The van der Waals surface area contributed by atoms with Crippen LogP contribution in [0, 0.1) is 0 Å². The molecule has 0 saturated heterocycles. The zero-order chi connectivity index (χ0) is 27.5. The van der Waals surface area contributed by atoms with Crippen molar-refractivity contribution in [2.24, 2.45) is 0 Å². The highest BCUT2D eigenvalue weighted by molar-refractivity contribution is 6.47. The first-order chi connectivity index (χ1) is 18.0. The van der Waals surface area contributed by atoms with Gasteiger partial charge in [0.1, 0.15) is 0 Å². The van der Waals surface area contributed by atoms with E-state index in [1.54, 1.807) is 0 Å². The molecule has 0 aliphatic heterocycles. The van der Waals surface area contributed by atoms with Gasteiger partial charge in [-0.2, -0.15) is 0 Å². The maximum atomic E-state index is 14.2. The van der Waals surface area contributed by atoms with Crippen molar-refractivity contribution in [2.75, 3.05) is 9.80 Å². The number of hydrogen-bond acceptors (Lipinski definition) is 2. The average molecular weight is 505 g/mol. The van der Waals surface area contributed by atoms with Crippen LogP contribution < -0.4 is 9.80 Å². The van der Waals surface area contributed by atoms with E-state index in [9.17, 15) is 9.59 Å². The molecule has 4 aromatic carbocycles. The van der Waals surface area contributed by atoms with Crippen LogP contribution in [0.5, 0.6) is 0 Å². The fourth-order valence-electron chi connectivity index (χ4n) is 4.64. The minimum Gasteiger partial charge on any atom is -0.273 e. The Bertz CT molecular complexity index is 1360. The Morgan fingerprint density at radius 1 is 0.447 bits per heavy atom. The lowest BCUT2D eigenvalue weighted by Crippen LogP contribution is -2.42. The van der Waals surface area contributed by atoms with Gasteiger partial charge in [-0.25, -0.2) is 0 Å². The predicted molar refractivity (Wildman–Crippen MR) is 157 cm³/mol. The molecule has 0 saturated carbocycles. The second-order valence-corrected chi connectivity index (χ2v) is 11.5. The van der Waals surface area contributed by atoms with Crippen molar-refractivity contribution in [3.05, 3.63) is 120 Å². The van der Waals surface area contributed by atoms with Gasteiger partial charge in [0.15, 0.2) is 0 Å². The van der Waals surface area contributed by atoms with Crippen LogP contribution in [0.1, 0.15) is 52.7 Å². The molecule has 0 atom stereocenters. The normalized spacial score (nSPS) is 11.6. The number of amides is 2. The molecule has 2 amide bonds. The first-order valence-corrected chi connectivity index (χ1v) is 13.0. The number of nitrogens with zero attached hydrogens (tertiary/aromatic N) is 2. The van der Waals surface area contributed by atoms with E-state index in [-0.39, 0.29) is 10.8 Å². The Kier molecular flexibility index (Phi) is 7.54. The predicted octanol–water partition coefficient (Wildman–Crippen LogP) is 8.31. The van der Waals surface area contributed by atoms with Crippen molar-refractivity contribution in [1.82, 2.24) is 0 Å². The lowest BCUT2D eigenvalue weighted by Gasteiger charge is -2.33. The molecule has 0 aliphatic rings. The van der Waals surface area contributed by atoms with E-state index in [1.807, 2.05) is 97.1 Å². The quantitative estimate of drug-likeness (QED) is 0.262. The molecule has 0 N–H and O–H groups in total. The second kappa shape index (κ2) is 10.7. The number of carbonyl (C=O) groups is 2. The molecule has 0 fully saturated rings. The lowest BCUT2D eigenvalue weighted by atomic mass is 9.75. The van der Waals surface area contributed by atoms with Crippen LogP contribution in [0.4, 0.5) is 22.7 Å². The number of carbonyl (C=O) groups excluding carboxylic acids is 2. The summed E-state index contributed by atoms with van der Waals surface area (Å²) in [6, 6.07) is 34.0. The number of hydrogen-bond donors (Lipinski definition) is 0. The summed E-state index contributed by atoms with van der Waals surface area (Å²) in [6.45, 7) is 13.1. The molecule has 38 heavy (non-hydrogen) atoms. The first-order valence-electron chi connectivity index (χ1n) is 13.0. The molecule has 0 aromatic heterocycles. The molecule has 4 nitrogen and oxygen atoms in total. The van der Waals surface area contributed by atoms with Crippen molar-refractivity contribution in [2.45, 2.75) is 52.4 Å². The number of para-hydroxylation sites is 3. The number of anilines is 4. The molecular formula is C34H36N2O2. The third-order valence-corrected chi connectivity index (χ3v) is 6.51. The maximum Gasteiger partial charge on any atom is 0.321 e. The van der Waals surface area contributed by atoms with Crippen molar-refractivity contribution < 1.29 is 9.59 Å². The molecule has 194 valence electrons. The highest BCUT2D eigenvalue weighted by atomic mass is 16.2. The van der Waals surface area contributed by atoms with Gasteiger partial charge < -0.3 is 0 Å². The maximum absolute atomic E-state index is 14.2. The summed E-state index contributed by atoms with van der Waals surface area (Å²) in [5, 5.41) is 0. The van der Waals surface area contributed by atoms with Crippen molar-refractivity contribution in [1.29, 1.82) is 0 Å². The molecule has 0 heterocycles. The minimum atomic E-state index is -0.636. The Labute approximate surface area is 226 Å². The molecule has 4 heteroatoms. The van der Waals surface area contributed by atoms with Crippen LogP contribution in [0.15, 0.2) is 109 Å². The molecular weight excluding hydrogens is 468 g/mol. The summed E-state index contributed by atoms with van der Waals surface area (Å²) < 4.78 is 0. The van der Waals surface area contributed by atoms with Gasteiger partial charge in [-0.3, -0.25) is 19.4 Å². The highest BCUT2D eigenvalue weighted by Gasteiger charge is 2.33. The van der Waals surface area contributed by atoms with E-state index in [4.69, 9.17) is 0 Å². The largest absolute Gasteiger partial charge is 0.321 e. The summed E-state index contributed by atoms with van der Waals surface area (Å²) >= 11 is 0. The Morgan fingerprint density at radius 3 is 1.13 bits per heavy atom. The van der Waals surface area contributed by atoms with Crippen LogP contribution in [-0.4, -0.2) is 11.8 Å². The first kappa shape index (κ1) is 26.9. The highest BCUT2D eigenvalue weighted by Crippen LogP contribution is 2.38. The van der Waals surface area contributed by atoms with Crippen LogP contribution in [0.3, 0.4) is 0 Å². The molecule has 0 unspecified atom stereocenters. The zero-order valence-electron chi connectivity index (χ0n) is 23.1. The van der Waals surface area contributed by atoms with E-state index >= 15 is 0 Å². The van der Waals surface area contributed by atoms with Crippen molar-refractivity contribution >= 4 is 34.6 Å². The van der Waals surface area contributed by atoms with Crippen LogP contribution >= 0.6 is 0 Å². The Hall–Kier alpha value is -4.18. The smallest absolute Gasteiger partial charge is 0.273 e. The van der Waals surface area contributed by atoms with Gasteiger partial charge in [0, 0.05) is 22.7 Å². The Morgan fingerprint density at radius 2 is 0.789 bits per heavy atom. The summed E-state index contributed by atoms with van der Waals surface area (Å²) in [7, 11) is 0. The van der Waals surface area contributed by atoms with Gasteiger partial charge in [-0.1, -0.05) is 102 Å². The summed E-state index contributed by atoms with van der Waals surface area (Å²) in [5.74, 6) is -1.27. The molecule has 0 radical (unpaired) electrons. The Balaban J connectivity index is 1.87. The van der Waals surface area contributed by atoms with Gasteiger partial charge in [-0.15, -0.1) is 0 Å². The summed E-state index contributed by atoms with van der Waals surface area (Å²) in [5.41, 5.74) is 4.68. The van der Waals surface area contributed by atoms with E-state index in [1.165, 1.54) is 15.4 Å². The SMILES string of the molecule is CC(C)(C)c1ccc(N(C(=O)C(=O)N(c2ccccc2)c2ccccc2)c2ccccc2)cc1C(C)(C)C. The minimum absolute atomic E-state index is 0.0734. The van der Waals surface area contributed by atoms with Crippen LogP contribution in [-0.2, 0) is 20.4 Å². The zero-order valence-corrected chi connectivity index (χ0v) is 23.1. The topological polar surface area (TPSA) is 40.6 Å². The van der Waals surface area contributed by atoms with Gasteiger partial charge in [-0.05, 0) is 70.5 Å². The molecule has 0 aliphatic carbocycles. The lowest BCUT2D eigenvalue weighted by molar-refractivity contribution is -0.135. The van der Waals surface area contributed by atoms with Gasteiger partial charge in [0.05, 0.1) is 0 Å². The third kappa shape index (κ3) is 5.70. The number of rotatable bonds is 4. The monoisotopic (exact) mass is 504 g/mol. The average Bonchev–Trinajstić information content (AvgIpc) is 2.89. The van der Waals surface area contributed by atoms with Gasteiger partial charge in [0.2, 0.25) is 0 Å². The van der Waals surface area contributed by atoms with Crippen LogP contribution in [0.2, 0.25) is 0 Å². The summed E-state index contributed by atoms with van der Waals surface area (Å²) in [6.07, 6.45) is 0. The standard InChI is InChI=1S/C34H36N2O2/c1-33(2,3)29-23-22-28(24-30(29)34(4,5)6)36(27-20-14-9-15-21-27)32(38)31(37)35(25-16-10-7-11-17-25)26-18-12-8-13-19-26/h7-24H,1-6H3. The summed E-state index contributed by atoms with van der Waals surface area (Å²) in [4.78, 5) is 31.3. The van der Waals surface area contributed by atoms with Crippen LogP contribution in [0.25, 0.3) is 0 Å². The van der Waals surface area contributed by atoms with E-state index in [0.29, 0.717) is 22.7 Å². The van der Waals surface area contributed by atoms with E-state index in [0.717, 1.165) is 5.56 Å². The van der Waals surface area contributed by atoms with Crippen molar-refractivity contribution in [3.8, 4) is 0 Å². The van der Waals surface area contributed by atoms with E-state index in [2.05, 4.69) is 53.7 Å². The second-order valence-electron chi connectivity index (χ2n) is 11.5. The fraction of sp³-hybridized carbons (Fsp3) is 0.235. The van der Waals surface area contributed by atoms with E-state index < -0.39 is 11.8 Å². The molecule has 4 aromatic rings. The fourth-order valence-corrected chi connectivity index (χ4v) is 4.64.